The first-order valence-corrected chi connectivity index (χ1v) is 10.9. The molecule has 0 aromatic heterocycles. The number of aliphatic hydroxyl groups excluding tert-OH is 1. The van der Waals surface area contributed by atoms with E-state index in [0.29, 0.717) is 6.42 Å². The monoisotopic (exact) mass is 442 g/mol. The molecule has 0 spiro atoms. The highest BCUT2D eigenvalue weighted by atomic mass is 16.7. The molecule has 1 unspecified atom stereocenters. The molecule has 0 aliphatic rings. The molecule has 0 aliphatic carbocycles. The van der Waals surface area contributed by atoms with Gasteiger partial charge >= 0.3 is 5.97 Å². The van der Waals surface area contributed by atoms with E-state index in [1.165, 1.54) is 28.1 Å². The van der Waals surface area contributed by atoms with Crippen LogP contribution in [-0.2, 0) is 28.6 Å². The van der Waals surface area contributed by atoms with Crippen molar-refractivity contribution >= 4 is 17.5 Å². The molecule has 7 heteroatoms. The molecule has 0 rings (SSSR count). The molecule has 4 atom stereocenters. The fraction of sp³-hybridized carbons (Fsp3) is 0.792. The summed E-state index contributed by atoms with van der Waals surface area (Å²) in [6.07, 6.45) is 2.47. The Hall–Kier alpha value is -1.57. The van der Waals surface area contributed by atoms with Crippen LogP contribution < -0.4 is 0 Å². The predicted molar refractivity (Wildman–Crippen MR) is 119 cm³/mol. The highest BCUT2D eigenvalue weighted by molar-refractivity contribution is 5.87. The lowest BCUT2D eigenvalue weighted by molar-refractivity contribution is -0.182. The van der Waals surface area contributed by atoms with Crippen molar-refractivity contribution in [1.82, 2.24) is 0 Å². The number of hydrogen-bond acceptors (Lipinski definition) is 7. The molecule has 0 saturated carbocycles. The van der Waals surface area contributed by atoms with Gasteiger partial charge in [0.15, 0.2) is 18.2 Å². The van der Waals surface area contributed by atoms with Gasteiger partial charge in [-0.1, -0.05) is 25.5 Å². The molecule has 0 bridgehead atoms. The maximum Gasteiger partial charge on any atom is 0.303 e. The number of methoxy groups -OCH3 is 2. The molecule has 0 aliphatic heterocycles. The lowest BCUT2D eigenvalue weighted by Crippen LogP contribution is -2.46. The van der Waals surface area contributed by atoms with Crippen molar-refractivity contribution < 1.29 is 33.7 Å². The van der Waals surface area contributed by atoms with Crippen LogP contribution in [0.25, 0.3) is 0 Å². The zero-order valence-electron chi connectivity index (χ0n) is 20.7. The van der Waals surface area contributed by atoms with E-state index in [1.807, 2.05) is 19.9 Å². The Morgan fingerprint density at radius 3 is 2.03 bits per heavy atom. The van der Waals surface area contributed by atoms with Gasteiger partial charge in [-0.2, -0.15) is 0 Å². The first kappa shape index (κ1) is 29.4. The number of Topliss-reactive ketones (excluding diaryl/α,β-unsaturated/α-hetero) is 2. The molecule has 7 nitrogen and oxygen atoms in total. The van der Waals surface area contributed by atoms with Crippen LogP contribution in [0.5, 0.6) is 0 Å². The van der Waals surface area contributed by atoms with Gasteiger partial charge in [0.05, 0.1) is 11.5 Å². The Balaban J connectivity index is 4.74. The SMILES string of the molecule is COC(OC)C(C)(C)C(=O)[C@@H](C)[C@H](O)[C@@H](C)CCCC(C)=CCC(OC(C)=O)C(C)=O. The Labute approximate surface area is 187 Å². The van der Waals surface area contributed by atoms with E-state index in [0.717, 1.165) is 24.8 Å². The summed E-state index contributed by atoms with van der Waals surface area (Å²) in [6.45, 7) is 11.9. The summed E-state index contributed by atoms with van der Waals surface area (Å²) in [5.41, 5.74) is 0.214. The smallest absolute Gasteiger partial charge is 0.303 e. The molecular weight excluding hydrogens is 400 g/mol. The molecule has 0 fully saturated rings. The number of carbonyl (C=O) groups is 3. The van der Waals surface area contributed by atoms with Crippen LogP contribution in [0.3, 0.4) is 0 Å². The summed E-state index contributed by atoms with van der Waals surface area (Å²) < 4.78 is 15.6. The third kappa shape index (κ3) is 9.62. The molecule has 31 heavy (non-hydrogen) atoms. The first-order valence-electron chi connectivity index (χ1n) is 10.9. The fourth-order valence-corrected chi connectivity index (χ4v) is 3.82. The summed E-state index contributed by atoms with van der Waals surface area (Å²) in [6, 6.07) is 0. The van der Waals surface area contributed by atoms with Crippen LogP contribution in [0.4, 0.5) is 0 Å². The fourth-order valence-electron chi connectivity index (χ4n) is 3.82. The van der Waals surface area contributed by atoms with Crippen molar-refractivity contribution in [1.29, 1.82) is 0 Å². The van der Waals surface area contributed by atoms with Gasteiger partial charge in [-0.05, 0) is 52.9 Å². The van der Waals surface area contributed by atoms with E-state index in [-0.39, 0.29) is 17.5 Å². The number of ether oxygens (including phenoxy) is 3. The van der Waals surface area contributed by atoms with Gasteiger partial charge in [-0.25, -0.2) is 0 Å². The first-order chi connectivity index (χ1) is 14.3. The molecule has 0 heterocycles. The standard InChI is InChI=1S/C24H42O7/c1-15(13-14-20(18(4)25)31-19(5)26)11-10-12-16(2)21(27)17(3)22(28)24(6,7)23(29-8)30-9/h13,16-17,20-21,23,27H,10-12,14H2,1-9H3/t16-,17-,20?,21+/m0/s1. The number of ketones is 2. The minimum atomic E-state index is -0.877. The van der Waals surface area contributed by atoms with E-state index in [1.54, 1.807) is 20.8 Å². The highest BCUT2D eigenvalue weighted by Crippen LogP contribution is 2.31. The lowest BCUT2D eigenvalue weighted by atomic mass is 9.76. The predicted octanol–water partition coefficient (Wildman–Crippen LogP) is 3.86. The second kappa shape index (κ2) is 13.8. The third-order valence-electron chi connectivity index (χ3n) is 5.83. The van der Waals surface area contributed by atoms with Gasteiger partial charge in [-0.15, -0.1) is 0 Å². The normalized spacial score (nSPS) is 16.5. The van der Waals surface area contributed by atoms with Crippen molar-refractivity contribution in [3.63, 3.8) is 0 Å². The van der Waals surface area contributed by atoms with Crippen LogP contribution in [0.15, 0.2) is 11.6 Å². The number of esters is 1. The Kier molecular flexibility index (Phi) is 13.1. The van der Waals surface area contributed by atoms with Crippen molar-refractivity contribution in [2.45, 2.75) is 92.6 Å². The number of aliphatic hydroxyl groups is 1. The van der Waals surface area contributed by atoms with Crippen LogP contribution in [0.1, 0.15) is 74.1 Å². The lowest BCUT2D eigenvalue weighted by Gasteiger charge is -2.35. The van der Waals surface area contributed by atoms with Crippen LogP contribution in [0.2, 0.25) is 0 Å². The largest absolute Gasteiger partial charge is 0.454 e. The number of carbonyl (C=O) groups excluding carboxylic acids is 3. The quantitative estimate of drug-likeness (QED) is 0.233. The van der Waals surface area contributed by atoms with Crippen LogP contribution in [0, 0.1) is 17.3 Å². The third-order valence-corrected chi connectivity index (χ3v) is 5.83. The Morgan fingerprint density at radius 1 is 1.03 bits per heavy atom. The minimum absolute atomic E-state index is 0.0582. The summed E-state index contributed by atoms with van der Waals surface area (Å²) in [5.74, 6) is -1.35. The molecule has 0 aromatic carbocycles. The summed E-state index contributed by atoms with van der Waals surface area (Å²) in [4.78, 5) is 35.6. The number of rotatable bonds is 15. The van der Waals surface area contributed by atoms with Crippen LogP contribution >= 0.6 is 0 Å². The van der Waals surface area contributed by atoms with Gasteiger partial charge in [-0.3, -0.25) is 14.4 Å². The van der Waals surface area contributed by atoms with Gasteiger partial charge in [0.1, 0.15) is 5.78 Å². The summed E-state index contributed by atoms with van der Waals surface area (Å²) >= 11 is 0. The molecule has 0 amide bonds. The van der Waals surface area contributed by atoms with E-state index in [9.17, 15) is 19.5 Å². The van der Waals surface area contributed by atoms with E-state index >= 15 is 0 Å². The Morgan fingerprint density at radius 2 is 1.58 bits per heavy atom. The van der Waals surface area contributed by atoms with Crippen LogP contribution in [-0.4, -0.2) is 55.4 Å². The minimum Gasteiger partial charge on any atom is -0.454 e. The van der Waals surface area contributed by atoms with Gasteiger partial charge in [0.2, 0.25) is 0 Å². The molecule has 0 aromatic rings. The molecular formula is C24H42O7. The second-order valence-corrected chi connectivity index (χ2v) is 9.03. The number of allylic oxidation sites excluding steroid dienone is 1. The molecule has 0 saturated heterocycles. The number of hydrogen-bond donors (Lipinski definition) is 1. The molecule has 180 valence electrons. The van der Waals surface area contributed by atoms with Crippen molar-refractivity contribution in [3.8, 4) is 0 Å². The Bertz CT molecular complexity index is 619. The van der Waals surface area contributed by atoms with Gasteiger partial charge in [0.25, 0.3) is 0 Å². The van der Waals surface area contributed by atoms with E-state index in [2.05, 4.69) is 0 Å². The zero-order chi connectivity index (χ0) is 24.4. The van der Waals surface area contributed by atoms with Crippen molar-refractivity contribution in [2.24, 2.45) is 17.3 Å². The van der Waals surface area contributed by atoms with Crippen molar-refractivity contribution in [2.75, 3.05) is 14.2 Å². The highest BCUT2D eigenvalue weighted by Gasteiger charge is 2.42. The van der Waals surface area contributed by atoms with Gasteiger partial charge in [0, 0.05) is 33.5 Å². The average molecular weight is 443 g/mol. The summed E-state index contributed by atoms with van der Waals surface area (Å²) in [7, 11) is 2.99. The maximum atomic E-state index is 12.9. The van der Waals surface area contributed by atoms with Gasteiger partial charge < -0.3 is 19.3 Å². The van der Waals surface area contributed by atoms with Crippen molar-refractivity contribution in [3.05, 3.63) is 11.6 Å². The van der Waals surface area contributed by atoms with E-state index in [4.69, 9.17) is 14.2 Å². The topological polar surface area (TPSA) is 99.1 Å². The molecule has 0 radical (unpaired) electrons. The summed E-state index contributed by atoms with van der Waals surface area (Å²) in [5, 5.41) is 10.7. The van der Waals surface area contributed by atoms with E-state index < -0.39 is 35.8 Å². The second-order valence-electron chi connectivity index (χ2n) is 9.03. The zero-order valence-corrected chi connectivity index (χ0v) is 20.7. The average Bonchev–Trinajstić information content (AvgIpc) is 2.69. The molecule has 1 N–H and O–H groups in total. The maximum absolute atomic E-state index is 12.9.